The second-order valence-corrected chi connectivity index (χ2v) is 5.85. The standard InChI is InChI=1S/C14H31N3O/c1-5-17-10-9-16(11-13(17)2)8-6-7-14(3,12-18)15-4/h13,15,18H,5-12H2,1-4H3. The summed E-state index contributed by atoms with van der Waals surface area (Å²) in [7, 11) is 1.93. The van der Waals surface area contributed by atoms with Crippen molar-refractivity contribution >= 4 is 0 Å². The normalized spacial score (nSPS) is 26.2. The van der Waals surface area contributed by atoms with Crippen molar-refractivity contribution in [3.63, 3.8) is 0 Å². The molecule has 1 saturated heterocycles. The highest BCUT2D eigenvalue weighted by Crippen LogP contribution is 2.14. The number of aliphatic hydroxyl groups is 1. The molecule has 2 atom stereocenters. The summed E-state index contributed by atoms with van der Waals surface area (Å²) in [6, 6.07) is 0.678. The fraction of sp³-hybridized carbons (Fsp3) is 1.00. The third-order valence-corrected chi connectivity index (χ3v) is 4.41. The van der Waals surface area contributed by atoms with Gasteiger partial charge in [-0.25, -0.2) is 0 Å². The highest BCUT2D eigenvalue weighted by molar-refractivity contribution is 4.82. The van der Waals surface area contributed by atoms with Crippen molar-refractivity contribution in [2.45, 2.75) is 45.2 Å². The van der Waals surface area contributed by atoms with Crippen molar-refractivity contribution in [1.82, 2.24) is 15.1 Å². The maximum atomic E-state index is 9.35. The van der Waals surface area contributed by atoms with Gasteiger partial charge in [0.1, 0.15) is 0 Å². The van der Waals surface area contributed by atoms with Gasteiger partial charge in [0.25, 0.3) is 0 Å². The molecule has 0 aromatic heterocycles. The van der Waals surface area contributed by atoms with E-state index in [1.54, 1.807) is 0 Å². The average molecular weight is 257 g/mol. The summed E-state index contributed by atoms with van der Waals surface area (Å²) >= 11 is 0. The summed E-state index contributed by atoms with van der Waals surface area (Å²) in [5, 5.41) is 12.6. The molecule has 0 saturated carbocycles. The molecule has 1 heterocycles. The first-order valence-electron chi connectivity index (χ1n) is 7.31. The number of hydrogen-bond acceptors (Lipinski definition) is 4. The van der Waals surface area contributed by atoms with Crippen molar-refractivity contribution in [2.24, 2.45) is 0 Å². The molecule has 0 bridgehead atoms. The lowest BCUT2D eigenvalue weighted by Gasteiger charge is -2.39. The Labute approximate surface area is 112 Å². The van der Waals surface area contributed by atoms with Gasteiger partial charge in [0.15, 0.2) is 0 Å². The summed E-state index contributed by atoms with van der Waals surface area (Å²) in [5.41, 5.74) is -0.114. The molecule has 1 aliphatic heterocycles. The van der Waals surface area contributed by atoms with Crippen molar-refractivity contribution < 1.29 is 5.11 Å². The fourth-order valence-electron chi connectivity index (χ4n) is 2.72. The quantitative estimate of drug-likeness (QED) is 0.706. The molecule has 4 nitrogen and oxygen atoms in total. The minimum Gasteiger partial charge on any atom is -0.394 e. The van der Waals surface area contributed by atoms with E-state index in [9.17, 15) is 5.11 Å². The van der Waals surface area contributed by atoms with Crippen LogP contribution in [-0.4, -0.2) is 72.9 Å². The predicted octanol–water partition coefficient (Wildman–Crippen LogP) is 0.763. The molecule has 0 radical (unpaired) electrons. The number of piperazine rings is 1. The van der Waals surface area contributed by atoms with Crippen molar-refractivity contribution in [2.75, 3.05) is 46.4 Å². The lowest BCUT2D eigenvalue weighted by Crippen LogP contribution is -2.52. The highest BCUT2D eigenvalue weighted by Gasteiger charge is 2.24. The van der Waals surface area contributed by atoms with Crippen LogP contribution in [0.3, 0.4) is 0 Å². The molecule has 2 N–H and O–H groups in total. The Bertz CT molecular complexity index is 231. The first kappa shape index (κ1) is 15.9. The number of nitrogens with zero attached hydrogens (tertiary/aromatic N) is 2. The van der Waals surface area contributed by atoms with Gasteiger partial charge in [0.2, 0.25) is 0 Å². The van der Waals surface area contributed by atoms with Gasteiger partial charge in [-0.3, -0.25) is 4.90 Å². The molecule has 1 fully saturated rings. The largest absolute Gasteiger partial charge is 0.394 e. The van der Waals surface area contributed by atoms with E-state index in [0.717, 1.165) is 25.9 Å². The lowest BCUT2D eigenvalue weighted by molar-refractivity contribution is 0.0832. The van der Waals surface area contributed by atoms with E-state index in [0.29, 0.717) is 6.04 Å². The van der Waals surface area contributed by atoms with Crippen molar-refractivity contribution in [3.8, 4) is 0 Å². The monoisotopic (exact) mass is 257 g/mol. The first-order chi connectivity index (χ1) is 8.54. The molecule has 4 heteroatoms. The molecule has 1 aliphatic rings. The van der Waals surface area contributed by atoms with Gasteiger partial charge in [-0.05, 0) is 46.8 Å². The van der Waals surface area contributed by atoms with Crippen LogP contribution >= 0.6 is 0 Å². The van der Waals surface area contributed by atoms with Crippen LogP contribution in [0.25, 0.3) is 0 Å². The Morgan fingerprint density at radius 3 is 2.61 bits per heavy atom. The van der Waals surface area contributed by atoms with Crippen LogP contribution in [0.2, 0.25) is 0 Å². The Morgan fingerprint density at radius 2 is 2.11 bits per heavy atom. The average Bonchev–Trinajstić information content (AvgIpc) is 2.39. The van der Waals surface area contributed by atoms with Crippen molar-refractivity contribution in [3.05, 3.63) is 0 Å². The van der Waals surface area contributed by atoms with Gasteiger partial charge >= 0.3 is 0 Å². The molecule has 0 spiro atoms. The minimum absolute atomic E-state index is 0.114. The number of rotatable bonds is 7. The zero-order valence-electron chi connectivity index (χ0n) is 12.6. The third kappa shape index (κ3) is 4.50. The molecule has 108 valence electrons. The zero-order chi connectivity index (χ0) is 13.6. The van der Waals surface area contributed by atoms with Gasteiger partial charge in [-0.1, -0.05) is 6.92 Å². The van der Waals surface area contributed by atoms with E-state index < -0.39 is 0 Å². The molecule has 18 heavy (non-hydrogen) atoms. The van der Waals surface area contributed by atoms with Gasteiger partial charge in [0, 0.05) is 31.2 Å². The van der Waals surface area contributed by atoms with Crippen molar-refractivity contribution in [1.29, 1.82) is 0 Å². The SMILES string of the molecule is CCN1CCN(CCCC(C)(CO)NC)CC1C. The van der Waals surface area contributed by atoms with Gasteiger partial charge in [-0.15, -0.1) is 0 Å². The van der Waals surface area contributed by atoms with E-state index >= 15 is 0 Å². The van der Waals surface area contributed by atoms with E-state index in [2.05, 4.69) is 35.9 Å². The molecule has 2 unspecified atom stereocenters. The Kier molecular flexibility index (Phi) is 6.57. The van der Waals surface area contributed by atoms with Crippen LogP contribution in [0, 0.1) is 0 Å². The lowest BCUT2D eigenvalue weighted by atomic mass is 9.97. The van der Waals surface area contributed by atoms with Crippen LogP contribution in [0.4, 0.5) is 0 Å². The highest BCUT2D eigenvalue weighted by atomic mass is 16.3. The molecule has 0 aliphatic carbocycles. The molecule has 0 aromatic carbocycles. The summed E-state index contributed by atoms with van der Waals surface area (Å²) in [4.78, 5) is 5.10. The second kappa shape index (κ2) is 7.43. The third-order valence-electron chi connectivity index (χ3n) is 4.41. The summed E-state index contributed by atoms with van der Waals surface area (Å²) in [5.74, 6) is 0. The van der Waals surface area contributed by atoms with E-state index in [1.165, 1.54) is 19.6 Å². The number of hydrogen-bond donors (Lipinski definition) is 2. The number of likely N-dealkylation sites (N-methyl/N-ethyl adjacent to an activating group) is 2. The summed E-state index contributed by atoms with van der Waals surface area (Å²) < 4.78 is 0. The van der Waals surface area contributed by atoms with Gasteiger partial charge in [0.05, 0.1) is 6.61 Å². The Balaban J connectivity index is 2.25. The summed E-state index contributed by atoms with van der Waals surface area (Å²) in [6.45, 7) is 12.7. The minimum atomic E-state index is -0.114. The Morgan fingerprint density at radius 1 is 1.39 bits per heavy atom. The molecule has 1 rings (SSSR count). The van der Waals surface area contributed by atoms with E-state index in [4.69, 9.17) is 0 Å². The fourth-order valence-corrected chi connectivity index (χ4v) is 2.72. The van der Waals surface area contributed by atoms with Gasteiger partial charge in [-0.2, -0.15) is 0 Å². The smallest absolute Gasteiger partial charge is 0.0610 e. The first-order valence-corrected chi connectivity index (χ1v) is 7.31. The predicted molar refractivity (Wildman–Crippen MR) is 76.9 cm³/mol. The molecular formula is C14H31N3O. The summed E-state index contributed by atoms with van der Waals surface area (Å²) in [6.07, 6.45) is 2.18. The molecule has 0 amide bonds. The van der Waals surface area contributed by atoms with Gasteiger partial charge < -0.3 is 15.3 Å². The van der Waals surface area contributed by atoms with Crippen LogP contribution < -0.4 is 5.32 Å². The topological polar surface area (TPSA) is 38.7 Å². The van der Waals surface area contributed by atoms with Crippen LogP contribution in [0.1, 0.15) is 33.6 Å². The molecule has 0 aromatic rings. The van der Waals surface area contributed by atoms with Crippen LogP contribution in [0.5, 0.6) is 0 Å². The van der Waals surface area contributed by atoms with Crippen LogP contribution in [-0.2, 0) is 0 Å². The number of nitrogens with one attached hydrogen (secondary N) is 1. The van der Waals surface area contributed by atoms with Crippen LogP contribution in [0.15, 0.2) is 0 Å². The zero-order valence-corrected chi connectivity index (χ0v) is 12.6. The molecular weight excluding hydrogens is 226 g/mol. The maximum Gasteiger partial charge on any atom is 0.0610 e. The Hall–Kier alpha value is -0.160. The maximum absolute atomic E-state index is 9.35. The van der Waals surface area contributed by atoms with E-state index in [-0.39, 0.29) is 12.1 Å². The van der Waals surface area contributed by atoms with E-state index in [1.807, 2.05) is 7.05 Å². The number of aliphatic hydroxyl groups excluding tert-OH is 1. The second-order valence-electron chi connectivity index (χ2n) is 5.85.